The lowest BCUT2D eigenvalue weighted by atomic mass is 9.97. The molecule has 0 heterocycles. The van der Waals surface area contributed by atoms with Crippen molar-refractivity contribution in [3.63, 3.8) is 0 Å². The first-order valence-electron chi connectivity index (χ1n) is 5.35. The summed E-state index contributed by atoms with van der Waals surface area (Å²) in [5.41, 5.74) is 0.318. The SMILES string of the molecule is COC(C)(C)CC(=O)Cc1cccc(Cl)c1Cl. The summed E-state index contributed by atoms with van der Waals surface area (Å²) in [7, 11) is 1.60. The third kappa shape index (κ3) is 4.30. The van der Waals surface area contributed by atoms with Gasteiger partial charge in [-0.3, -0.25) is 4.79 Å². The normalized spacial score (nSPS) is 11.6. The molecule has 0 bridgehead atoms. The molecule has 1 aromatic carbocycles. The van der Waals surface area contributed by atoms with Crippen LogP contribution in [0.15, 0.2) is 18.2 Å². The van der Waals surface area contributed by atoms with E-state index in [9.17, 15) is 4.79 Å². The van der Waals surface area contributed by atoms with E-state index in [2.05, 4.69) is 0 Å². The fourth-order valence-corrected chi connectivity index (χ4v) is 1.89. The highest BCUT2D eigenvalue weighted by atomic mass is 35.5. The molecular formula is C13H16Cl2O2. The zero-order valence-electron chi connectivity index (χ0n) is 10.2. The van der Waals surface area contributed by atoms with Crippen LogP contribution in [-0.4, -0.2) is 18.5 Å². The fourth-order valence-electron chi connectivity index (χ4n) is 1.51. The van der Waals surface area contributed by atoms with E-state index in [1.54, 1.807) is 19.2 Å². The predicted molar refractivity (Wildman–Crippen MR) is 70.9 cm³/mol. The number of rotatable bonds is 5. The largest absolute Gasteiger partial charge is 0.378 e. The van der Waals surface area contributed by atoms with E-state index in [0.717, 1.165) is 5.56 Å². The maximum absolute atomic E-state index is 11.9. The van der Waals surface area contributed by atoms with Crippen LogP contribution in [0.4, 0.5) is 0 Å². The molecule has 0 atom stereocenters. The average molecular weight is 275 g/mol. The third-order valence-electron chi connectivity index (χ3n) is 2.59. The van der Waals surface area contributed by atoms with E-state index in [4.69, 9.17) is 27.9 Å². The summed E-state index contributed by atoms with van der Waals surface area (Å²) >= 11 is 11.9. The van der Waals surface area contributed by atoms with Crippen molar-refractivity contribution in [2.24, 2.45) is 0 Å². The summed E-state index contributed by atoms with van der Waals surface area (Å²) in [4.78, 5) is 11.9. The predicted octanol–water partition coefficient (Wildman–Crippen LogP) is 3.92. The van der Waals surface area contributed by atoms with E-state index in [1.807, 2.05) is 19.9 Å². The molecule has 0 aliphatic rings. The zero-order valence-corrected chi connectivity index (χ0v) is 11.7. The van der Waals surface area contributed by atoms with Crippen molar-refractivity contribution in [2.75, 3.05) is 7.11 Å². The highest BCUT2D eigenvalue weighted by molar-refractivity contribution is 6.42. The first-order valence-corrected chi connectivity index (χ1v) is 6.11. The van der Waals surface area contributed by atoms with Gasteiger partial charge in [0.1, 0.15) is 5.78 Å². The number of ether oxygens (including phenoxy) is 1. The van der Waals surface area contributed by atoms with E-state index >= 15 is 0 Å². The van der Waals surface area contributed by atoms with Gasteiger partial charge >= 0.3 is 0 Å². The lowest BCUT2D eigenvalue weighted by Gasteiger charge is -2.21. The van der Waals surface area contributed by atoms with Crippen molar-refractivity contribution in [2.45, 2.75) is 32.3 Å². The molecular weight excluding hydrogens is 259 g/mol. The second-order valence-electron chi connectivity index (χ2n) is 4.57. The molecule has 1 aromatic rings. The van der Waals surface area contributed by atoms with Gasteiger partial charge in [0.15, 0.2) is 0 Å². The van der Waals surface area contributed by atoms with Crippen LogP contribution in [0, 0.1) is 0 Å². The Kier molecular flexibility index (Phi) is 4.99. The Hall–Kier alpha value is -0.570. The Balaban J connectivity index is 2.72. The number of benzene rings is 1. The summed E-state index contributed by atoms with van der Waals surface area (Å²) in [6, 6.07) is 5.31. The molecule has 0 saturated heterocycles. The molecule has 94 valence electrons. The van der Waals surface area contributed by atoms with Gasteiger partial charge in [-0.25, -0.2) is 0 Å². The maximum atomic E-state index is 11.9. The van der Waals surface area contributed by atoms with Gasteiger partial charge in [-0.1, -0.05) is 35.3 Å². The number of methoxy groups -OCH3 is 1. The van der Waals surface area contributed by atoms with Crippen LogP contribution in [0.1, 0.15) is 25.8 Å². The van der Waals surface area contributed by atoms with E-state index < -0.39 is 5.60 Å². The van der Waals surface area contributed by atoms with Crippen molar-refractivity contribution < 1.29 is 9.53 Å². The quantitative estimate of drug-likeness (QED) is 0.814. The molecule has 0 fully saturated rings. The van der Waals surface area contributed by atoms with Gasteiger partial charge in [0, 0.05) is 20.0 Å². The second kappa shape index (κ2) is 5.85. The van der Waals surface area contributed by atoms with E-state index in [0.29, 0.717) is 16.5 Å². The van der Waals surface area contributed by atoms with Crippen molar-refractivity contribution in [1.29, 1.82) is 0 Å². The molecule has 0 amide bonds. The van der Waals surface area contributed by atoms with Crippen LogP contribution in [-0.2, 0) is 16.0 Å². The lowest BCUT2D eigenvalue weighted by molar-refractivity contribution is -0.123. The smallest absolute Gasteiger partial charge is 0.140 e. The average Bonchev–Trinajstić information content (AvgIpc) is 2.24. The van der Waals surface area contributed by atoms with Crippen LogP contribution >= 0.6 is 23.2 Å². The van der Waals surface area contributed by atoms with Crippen molar-refractivity contribution in [3.05, 3.63) is 33.8 Å². The fraction of sp³-hybridized carbons (Fsp3) is 0.462. The standard InChI is InChI=1S/C13H16Cl2O2/c1-13(2,17-3)8-10(16)7-9-5-4-6-11(14)12(9)15/h4-6H,7-8H2,1-3H3. The number of hydrogen-bond donors (Lipinski definition) is 0. The Morgan fingerprint density at radius 2 is 2.00 bits per heavy atom. The van der Waals surface area contributed by atoms with E-state index in [1.165, 1.54) is 0 Å². The van der Waals surface area contributed by atoms with Gasteiger partial charge in [0.05, 0.1) is 15.6 Å². The third-order valence-corrected chi connectivity index (χ3v) is 3.45. The molecule has 0 N–H and O–H groups in total. The highest BCUT2D eigenvalue weighted by Crippen LogP contribution is 2.26. The number of ketones is 1. The monoisotopic (exact) mass is 274 g/mol. The summed E-state index contributed by atoms with van der Waals surface area (Å²) in [5.74, 6) is 0.0843. The molecule has 0 radical (unpaired) electrons. The van der Waals surface area contributed by atoms with Gasteiger partial charge in [0.2, 0.25) is 0 Å². The summed E-state index contributed by atoms with van der Waals surface area (Å²) in [6.45, 7) is 3.76. The van der Waals surface area contributed by atoms with Crippen LogP contribution in [0.5, 0.6) is 0 Å². The lowest BCUT2D eigenvalue weighted by Crippen LogP contribution is -2.27. The Morgan fingerprint density at radius 1 is 1.35 bits per heavy atom. The Labute approximate surface area is 112 Å². The van der Waals surface area contributed by atoms with Crippen LogP contribution in [0.25, 0.3) is 0 Å². The molecule has 4 heteroatoms. The molecule has 2 nitrogen and oxygen atoms in total. The topological polar surface area (TPSA) is 26.3 Å². The molecule has 0 aromatic heterocycles. The first-order chi connectivity index (χ1) is 7.85. The number of carbonyl (C=O) groups excluding carboxylic acids is 1. The van der Waals surface area contributed by atoms with Crippen molar-refractivity contribution >= 4 is 29.0 Å². The number of Topliss-reactive ketones (excluding diaryl/α,β-unsaturated/α-hetero) is 1. The molecule has 1 rings (SSSR count). The van der Waals surface area contributed by atoms with Gasteiger partial charge in [-0.2, -0.15) is 0 Å². The number of halogens is 2. The summed E-state index contributed by atoms with van der Waals surface area (Å²) in [6.07, 6.45) is 0.637. The molecule has 0 aliphatic heterocycles. The maximum Gasteiger partial charge on any atom is 0.140 e. The first kappa shape index (κ1) is 14.5. The molecule has 0 saturated carbocycles. The van der Waals surface area contributed by atoms with Gasteiger partial charge in [0.25, 0.3) is 0 Å². The summed E-state index contributed by atoms with van der Waals surface area (Å²) < 4.78 is 5.22. The number of carbonyl (C=O) groups is 1. The van der Waals surface area contributed by atoms with Crippen LogP contribution in [0.3, 0.4) is 0 Å². The van der Waals surface area contributed by atoms with Gasteiger partial charge in [-0.15, -0.1) is 0 Å². The Morgan fingerprint density at radius 3 is 2.59 bits per heavy atom. The van der Waals surface area contributed by atoms with Gasteiger partial charge in [-0.05, 0) is 25.5 Å². The van der Waals surface area contributed by atoms with Crippen LogP contribution in [0.2, 0.25) is 10.0 Å². The molecule has 0 unspecified atom stereocenters. The Bertz CT molecular complexity index is 414. The minimum absolute atomic E-state index is 0.0843. The molecule has 0 spiro atoms. The molecule has 17 heavy (non-hydrogen) atoms. The highest BCUT2D eigenvalue weighted by Gasteiger charge is 2.21. The van der Waals surface area contributed by atoms with Crippen molar-refractivity contribution in [1.82, 2.24) is 0 Å². The van der Waals surface area contributed by atoms with E-state index in [-0.39, 0.29) is 12.2 Å². The van der Waals surface area contributed by atoms with Crippen molar-refractivity contribution in [3.8, 4) is 0 Å². The molecule has 0 aliphatic carbocycles. The van der Waals surface area contributed by atoms with Gasteiger partial charge < -0.3 is 4.74 Å². The second-order valence-corrected chi connectivity index (χ2v) is 5.35. The zero-order chi connectivity index (χ0) is 13.1. The number of hydrogen-bond acceptors (Lipinski definition) is 2. The minimum Gasteiger partial charge on any atom is -0.378 e. The summed E-state index contributed by atoms with van der Waals surface area (Å²) in [5, 5.41) is 0.931. The van der Waals surface area contributed by atoms with Crippen LogP contribution < -0.4 is 0 Å². The minimum atomic E-state index is -0.442.